The van der Waals surface area contributed by atoms with Crippen LogP contribution in [0, 0.1) is 6.92 Å². The smallest absolute Gasteiger partial charge is 0.164 e. The van der Waals surface area contributed by atoms with E-state index in [2.05, 4.69) is 73.7 Å². The highest BCUT2D eigenvalue weighted by Gasteiger charge is 2.22. The summed E-state index contributed by atoms with van der Waals surface area (Å²) in [6.45, 7) is 2.09. The average molecular weight is 486 g/mol. The molecule has 182 valence electrons. The van der Waals surface area contributed by atoms with Gasteiger partial charge < -0.3 is 9.47 Å². The SMILES string of the molecule is COc1cc2c(-c3ccc(C)cc3)nc3c(c(Cc4ccccc4)nn3-c3ccccc3)c2cc1OC. The summed E-state index contributed by atoms with van der Waals surface area (Å²) in [7, 11) is 3.33. The minimum atomic E-state index is 0.671. The van der Waals surface area contributed by atoms with Gasteiger partial charge in [-0.3, -0.25) is 0 Å². The van der Waals surface area contributed by atoms with Crippen molar-refractivity contribution in [3.63, 3.8) is 0 Å². The number of pyridine rings is 1. The molecular weight excluding hydrogens is 458 g/mol. The Bertz CT molecular complexity index is 1710. The normalized spacial score (nSPS) is 11.2. The first-order valence-corrected chi connectivity index (χ1v) is 12.3. The van der Waals surface area contributed by atoms with E-state index >= 15 is 0 Å². The van der Waals surface area contributed by atoms with Gasteiger partial charge in [0.1, 0.15) is 0 Å². The summed E-state index contributed by atoms with van der Waals surface area (Å²) in [6, 6.07) is 33.2. The van der Waals surface area contributed by atoms with Crippen LogP contribution in [0.3, 0.4) is 0 Å². The maximum Gasteiger partial charge on any atom is 0.164 e. The average Bonchev–Trinajstić information content (AvgIpc) is 3.31. The number of nitrogens with zero attached hydrogens (tertiary/aromatic N) is 3. The van der Waals surface area contributed by atoms with Crippen molar-refractivity contribution in [2.75, 3.05) is 14.2 Å². The molecule has 0 amide bonds. The van der Waals surface area contributed by atoms with Crippen LogP contribution in [0.5, 0.6) is 11.5 Å². The minimum absolute atomic E-state index is 0.671. The van der Waals surface area contributed by atoms with E-state index in [0.717, 1.165) is 44.4 Å². The predicted molar refractivity (Wildman–Crippen MR) is 149 cm³/mol. The van der Waals surface area contributed by atoms with Crippen LogP contribution in [0.2, 0.25) is 0 Å². The van der Waals surface area contributed by atoms with Crippen molar-refractivity contribution in [2.24, 2.45) is 0 Å². The zero-order valence-corrected chi connectivity index (χ0v) is 21.1. The Labute approximate surface area is 215 Å². The fourth-order valence-corrected chi connectivity index (χ4v) is 4.87. The molecule has 0 fully saturated rings. The van der Waals surface area contributed by atoms with E-state index in [0.29, 0.717) is 17.9 Å². The summed E-state index contributed by atoms with van der Waals surface area (Å²) in [6.07, 6.45) is 0.687. The van der Waals surface area contributed by atoms with E-state index in [1.54, 1.807) is 14.2 Å². The van der Waals surface area contributed by atoms with Crippen molar-refractivity contribution in [3.8, 4) is 28.4 Å². The van der Waals surface area contributed by atoms with Gasteiger partial charge in [-0.05, 0) is 36.8 Å². The molecule has 5 heteroatoms. The molecule has 0 radical (unpaired) electrons. The Kier molecular flexibility index (Phi) is 5.81. The molecule has 0 saturated carbocycles. The van der Waals surface area contributed by atoms with E-state index in [-0.39, 0.29) is 0 Å². The molecular formula is C32H27N3O2. The highest BCUT2D eigenvalue weighted by Crippen LogP contribution is 2.41. The van der Waals surface area contributed by atoms with Crippen molar-refractivity contribution < 1.29 is 9.47 Å². The molecule has 0 spiro atoms. The minimum Gasteiger partial charge on any atom is -0.493 e. The highest BCUT2D eigenvalue weighted by molar-refractivity contribution is 6.12. The molecule has 6 rings (SSSR count). The number of hydrogen-bond donors (Lipinski definition) is 0. The second-order valence-electron chi connectivity index (χ2n) is 9.13. The second-order valence-corrected chi connectivity index (χ2v) is 9.13. The van der Waals surface area contributed by atoms with Crippen LogP contribution in [0.4, 0.5) is 0 Å². The van der Waals surface area contributed by atoms with Crippen LogP contribution < -0.4 is 9.47 Å². The molecule has 2 aromatic heterocycles. The van der Waals surface area contributed by atoms with Crippen molar-refractivity contribution in [3.05, 3.63) is 114 Å². The molecule has 2 heterocycles. The molecule has 4 aromatic carbocycles. The first-order valence-electron chi connectivity index (χ1n) is 12.3. The quantitative estimate of drug-likeness (QED) is 0.251. The van der Waals surface area contributed by atoms with Crippen LogP contribution in [-0.4, -0.2) is 29.0 Å². The van der Waals surface area contributed by atoms with Crippen LogP contribution in [0.25, 0.3) is 38.8 Å². The van der Waals surface area contributed by atoms with Crippen LogP contribution >= 0.6 is 0 Å². The number of fused-ring (bicyclic) bond motifs is 3. The van der Waals surface area contributed by atoms with Gasteiger partial charge >= 0.3 is 0 Å². The summed E-state index contributed by atoms with van der Waals surface area (Å²) >= 11 is 0. The zero-order valence-electron chi connectivity index (χ0n) is 21.1. The Balaban J connectivity index is 1.74. The van der Waals surface area contributed by atoms with Gasteiger partial charge in [0.15, 0.2) is 17.1 Å². The molecule has 0 saturated heterocycles. The molecule has 5 nitrogen and oxygen atoms in total. The lowest BCUT2D eigenvalue weighted by Crippen LogP contribution is -1.99. The molecule has 0 atom stereocenters. The molecule has 0 bridgehead atoms. The van der Waals surface area contributed by atoms with Gasteiger partial charge in [-0.15, -0.1) is 0 Å². The van der Waals surface area contributed by atoms with E-state index in [1.807, 2.05) is 35.0 Å². The van der Waals surface area contributed by atoms with Gasteiger partial charge in [0.05, 0.1) is 36.7 Å². The molecule has 0 unspecified atom stereocenters. The molecule has 0 aliphatic heterocycles. The van der Waals surface area contributed by atoms with Crippen molar-refractivity contribution in [1.29, 1.82) is 0 Å². The third-order valence-electron chi connectivity index (χ3n) is 6.74. The summed E-state index contributed by atoms with van der Waals surface area (Å²) < 4.78 is 13.4. The Morgan fingerprint density at radius 2 is 1.35 bits per heavy atom. The van der Waals surface area contributed by atoms with Gasteiger partial charge in [0.2, 0.25) is 0 Å². The Hall–Kier alpha value is -4.64. The lowest BCUT2D eigenvalue weighted by Gasteiger charge is -2.14. The number of para-hydroxylation sites is 1. The third kappa shape index (κ3) is 4.08. The van der Waals surface area contributed by atoms with E-state index < -0.39 is 0 Å². The summed E-state index contributed by atoms with van der Waals surface area (Å²) in [5, 5.41) is 8.18. The number of benzene rings is 4. The fraction of sp³-hybridized carbons (Fsp3) is 0.125. The zero-order chi connectivity index (χ0) is 25.4. The molecule has 6 aromatic rings. The number of aryl methyl sites for hydroxylation is 1. The Morgan fingerprint density at radius 1 is 0.730 bits per heavy atom. The summed E-state index contributed by atoms with van der Waals surface area (Å²) in [4.78, 5) is 5.28. The first-order chi connectivity index (χ1) is 18.2. The predicted octanol–water partition coefficient (Wildman–Crippen LogP) is 7.16. The van der Waals surface area contributed by atoms with E-state index in [4.69, 9.17) is 19.6 Å². The number of aromatic nitrogens is 3. The third-order valence-corrected chi connectivity index (χ3v) is 6.74. The van der Waals surface area contributed by atoms with Crippen LogP contribution in [0.1, 0.15) is 16.8 Å². The topological polar surface area (TPSA) is 49.2 Å². The molecule has 0 aliphatic carbocycles. The summed E-state index contributed by atoms with van der Waals surface area (Å²) in [5.74, 6) is 1.35. The maximum absolute atomic E-state index is 5.73. The van der Waals surface area contributed by atoms with Gasteiger partial charge in [0, 0.05) is 22.8 Å². The second kappa shape index (κ2) is 9.43. The van der Waals surface area contributed by atoms with Gasteiger partial charge in [-0.1, -0.05) is 78.4 Å². The molecule has 37 heavy (non-hydrogen) atoms. The van der Waals surface area contributed by atoms with Gasteiger partial charge in [0.25, 0.3) is 0 Å². The fourth-order valence-electron chi connectivity index (χ4n) is 4.87. The van der Waals surface area contributed by atoms with Crippen LogP contribution in [0.15, 0.2) is 97.1 Å². The number of rotatable bonds is 6. The van der Waals surface area contributed by atoms with Crippen LogP contribution in [-0.2, 0) is 6.42 Å². The Morgan fingerprint density at radius 3 is 2.00 bits per heavy atom. The monoisotopic (exact) mass is 485 g/mol. The van der Waals surface area contributed by atoms with Crippen molar-refractivity contribution in [2.45, 2.75) is 13.3 Å². The lowest BCUT2D eigenvalue weighted by atomic mass is 9.98. The standard InChI is InChI=1S/C32H27N3O2/c1-21-14-16-23(17-15-21)31-26-20-29(37-3)28(36-2)19-25(26)30-27(18-22-10-6-4-7-11-22)34-35(32(30)33-31)24-12-8-5-9-13-24/h4-17,19-20H,18H2,1-3H3. The highest BCUT2D eigenvalue weighted by atomic mass is 16.5. The largest absolute Gasteiger partial charge is 0.493 e. The van der Waals surface area contributed by atoms with Crippen molar-refractivity contribution in [1.82, 2.24) is 14.8 Å². The number of ether oxygens (including phenoxy) is 2. The van der Waals surface area contributed by atoms with E-state index in [1.165, 1.54) is 11.1 Å². The molecule has 0 aliphatic rings. The van der Waals surface area contributed by atoms with E-state index in [9.17, 15) is 0 Å². The van der Waals surface area contributed by atoms with Gasteiger partial charge in [-0.2, -0.15) is 5.10 Å². The number of hydrogen-bond acceptors (Lipinski definition) is 4. The maximum atomic E-state index is 5.73. The molecule has 0 N–H and O–H groups in total. The first kappa shape index (κ1) is 22.8. The summed E-state index contributed by atoms with van der Waals surface area (Å²) in [5.41, 5.74) is 7.06. The van der Waals surface area contributed by atoms with Crippen molar-refractivity contribution >= 4 is 21.8 Å². The van der Waals surface area contributed by atoms with Gasteiger partial charge in [-0.25, -0.2) is 9.67 Å². The lowest BCUT2D eigenvalue weighted by molar-refractivity contribution is 0.356. The number of methoxy groups -OCH3 is 2.